The van der Waals surface area contributed by atoms with Gasteiger partial charge in [-0.05, 0) is 13.0 Å². The Morgan fingerprint density at radius 2 is 2.19 bits per heavy atom. The first kappa shape index (κ1) is 14.0. The number of hydrogen-bond acceptors (Lipinski definition) is 7. The van der Waals surface area contributed by atoms with E-state index >= 15 is 0 Å². The maximum absolute atomic E-state index is 5.10. The molecule has 0 fully saturated rings. The molecule has 0 bridgehead atoms. The van der Waals surface area contributed by atoms with Crippen LogP contribution in [0.25, 0.3) is 0 Å². The Hall–Kier alpha value is -1.99. The molecule has 0 saturated heterocycles. The van der Waals surface area contributed by atoms with Crippen LogP contribution in [-0.2, 0) is 6.42 Å². The molecule has 0 radical (unpaired) electrons. The van der Waals surface area contributed by atoms with Crippen molar-refractivity contribution in [3.63, 3.8) is 0 Å². The largest absolute Gasteiger partial charge is 0.481 e. The average Bonchev–Trinajstić information content (AvgIpc) is 3.09. The van der Waals surface area contributed by atoms with Crippen LogP contribution >= 0.6 is 22.7 Å². The van der Waals surface area contributed by atoms with E-state index in [1.54, 1.807) is 29.8 Å². The number of ether oxygens (including phenoxy) is 1. The number of hydrogen-bond donors (Lipinski definition) is 1. The van der Waals surface area contributed by atoms with Gasteiger partial charge in [-0.15, -0.1) is 22.7 Å². The maximum atomic E-state index is 5.10. The molecule has 3 rings (SSSR count). The van der Waals surface area contributed by atoms with Gasteiger partial charge in [-0.2, -0.15) is 4.98 Å². The number of nitrogens with one attached hydrogen (secondary N) is 1. The third-order valence-electron chi connectivity index (χ3n) is 2.72. The van der Waals surface area contributed by atoms with Crippen LogP contribution < -0.4 is 10.1 Å². The van der Waals surface area contributed by atoms with E-state index in [1.807, 2.05) is 29.8 Å². The second-order valence-electron chi connectivity index (χ2n) is 4.38. The van der Waals surface area contributed by atoms with Crippen molar-refractivity contribution in [2.75, 3.05) is 12.4 Å². The zero-order chi connectivity index (χ0) is 14.7. The molecule has 0 saturated carbocycles. The normalized spacial score (nSPS) is 10.6. The molecule has 21 heavy (non-hydrogen) atoms. The Labute approximate surface area is 130 Å². The van der Waals surface area contributed by atoms with Crippen LogP contribution in [0.15, 0.2) is 29.8 Å². The van der Waals surface area contributed by atoms with Gasteiger partial charge in [0.05, 0.1) is 17.8 Å². The van der Waals surface area contributed by atoms with E-state index in [0.717, 1.165) is 28.1 Å². The first-order valence-electron chi connectivity index (χ1n) is 6.37. The van der Waals surface area contributed by atoms with Gasteiger partial charge in [0.25, 0.3) is 0 Å². The Bertz CT molecular complexity index is 738. The topological polar surface area (TPSA) is 59.9 Å². The smallest absolute Gasteiger partial charge is 0.214 e. The van der Waals surface area contributed by atoms with Gasteiger partial charge < -0.3 is 10.1 Å². The second kappa shape index (κ2) is 6.19. The lowest BCUT2D eigenvalue weighted by atomic mass is 10.3. The zero-order valence-corrected chi connectivity index (χ0v) is 13.3. The fourth-order valence-corrected chi connectivity index (χ4v) is 3.31. The summed E-state index contributed by atoms with van der Waals surface area (Å²) in [5, 5.41) is 7.14. The maximum Gasteiger partial charge on any atom is 0.214 e. The van der Waals surface area contributed by atoms with Crippen LogP contribution in [0.1, 0.15) is 15.6 Å². The van der Waals surface area contributed by atoms with Gasteiger partial charge in [0.2, 0.25) is 5.88 Å². The number of pyridine rings is 1. The predicted molar refractivity (Wildman–Crippen MR) is 85.8 cm³/mol. The molecule has 0 atom stereocenters. The van der Waals surface area contributed by atoms with Crippen LogP contribution in [0.2, 0.25) is 0 Å². The fraction of sp³-hybridized carbons (Fsp3) is 0.214. The van der Waals surface area contributed by atoms with E-state index in [1.165, 1.54) is 4.88 Å². The van der Waals surface area contributed by atoms with Crippen molar-refractivity contribution in [2.45, 2.75) is 13.3 Å². The molecule has 3 heterocycles. The number of nitrogens with zero attached hydrogens (tertiary/aromatic N) is 3. The second-order valence-corrected chi connectivity index (χ2v) is 6.55. The van der Waals surface area contributed by atoms with Crippen LogP contribution in [0, 0.1) is 6.92 Å². The van der Waals surface area contributed by atoms with E-state index in [4.69, 9.17) is 4.74 Å². The molecule has 0 aliphatic carbocycles. The molecule has 0 aliphatic rings. The molecule has 0 amide bonds. The van der Waals surface area contributed by atoms with E-state index in [2.05, 4.69) is 27.2 Å². The highest BCUT2D eigenvalue weighted by atomic mass is 32.1. The molecule has 3 aromatic heterocycles. The average molecular weight is 318 g/mol. The van der Waals surface area contributed by atoms with Gasteiger partial charge in [0.1, 0.15) is 5.82 Å². The predicted octanol–water partition coefficient (Wildman–Crippen LogP) is 3.65. The molecular formula is C14H14N4OS2. The lowest BCUT2D eigenvalue weighted by Crippen LogP contribution is -1.95. The molecule has 0 spiro atoms. The number of aromatic nitrogens is 3. The first-order valence-corrected chi connectivity index (χ1v) is 8.06. The fourth-order valence-electron chi connectivity index (χ4n) is 1.79. The quantitative estimate of drug-likeness (QED) is 0.778. The monoisotopic (exact) mass is 318 g/mol. The molecule has 1 N–H and O–H groups in total. The van der Waals surface area contributed by atoms with Crippen LogP contribution in [0.5, 0.6) is 5.88 Å². The molecule has 0 aliphatic heterocycles. The summed E-state index contributed by atoms with van der Waals surface area (Å²) in [4.78, 5) is 14.4. The van der Waals surface area contributed by atoms with E-state index in [-0.39, 0.29) is 0 Å². The van der Waals surface area contributed by atoms with Crippen molar-refractivity contribution in [1.82, 2.24) is 15.0 Å². The van der Waals surface area contributed by atoms with Crippen molar-refractivity contribution >= 4 is 33.6 Å². The molecule has 3 aromatic rings. The minimum absolute atomic E-state index is 0.579. The molecule has 7 heteroatoms. The Kier molecular flexibility index (Phi) is 4.12. The highest BCUT2D eigenvalue weighted by Crippen LogP contribution is 2.23. The number of rotatable bonds is 5. The van der Waals surface area contributed by atoms with Gasteiger partial charge in [-0.3, -0.25) is 0 Å². The molecular weight excluding hydrogens is 304 g/mol. The molecule has 108 valence electrons. The number of methoxy groups -OCH3 is 1. The number of anilines is 2. The SMILES string of the molecule is COc1cccc(Nc2nc(Cc3ncc(C)s3)cs2)n1. The highest BCUT2D eigenvalue weighted by Gasteiger charge is 2.07. The molecule has 0 unspecified atom stereocenters. The van der Waals surface area contributed by atoms with Gasteiger partial charge in [0.15, 0.2) is 5.13 Å². The summed E-state index contributed by atoms with van der Waals surface area (Å²) in [6, 6.07) is 5.58. The highest BCUT2D eigenvalue weighted by molar-refractivity contribution is 7.14. The van der Waals surface area contributed by atoms with Crippen molar-refractivity contribution in [1.29, 1.82) is 0 Å². The summed E-state index contributed by atoms with van der Waals surface area (Å²) in [7, 11) is 1.60. The minimum Gasteiger partial charge on any atom is -0.481 e. The van der Waals surface area contributed by atoms with Crippen molar-refractivity contribution in [3.8, 4) is 5.88 Å². The summed E-state index contributed by atoms with van der Waals surface area (Å²) in [5.41, 5.74) is 1.01. The standard InChI is InChI=1S/C14H14N4OS2/c1-9-7-15-13(21-9)6-10-8-20-14(16-10)18-11-4-3-5-12(17-11)19-2/h3-5,7-8H,6H2,1-2H3,(H,16,17,18). The zero-order valence-electron chi connectivity index (χ0n) is 11.7. The van der Waals surface area contributed by atoms with Gasteiger partial charge in [-0.25, -0.2) is 9.97 Å². The van der Waals surface area contributed by atoms with Gasteiger partial charge in [-0.1, -0.05) is 6.07 Å². The number of thiazole rings is 2. The van der Waals surface area contributed by atoms with Crippen LogP contribution in [-0.4, -0.2) is 22.1 Å². The summed E-state index contributed by atoms with van der Waals surface area (Å²) < 4.78 is 5.10. The summed E-state index contributed by atoms with van der Waals surface area (Å²) in [6.07, 6.45) is 2.66. The van der Waals surface area contributed by atoms with Crippen molar-refractivity contribution in [3.05, 3.63) is 45.4 Å². The van der Waals surface area contributed by atoms with E-state index < -0.39 is 0 Å². The van der Waals surface area contributed by atoms with Gasteiger partial charge >= 0.3 is 0 Å². The lowest BCUT2D eigenvalue weighted by Gasteiger charge is -2.03. The summed E-state index contributed by atoms with van der Waals surface area (Å²) >= 11 is 3.26. The molecule has 0 aromatic carbocycles. The van der Waals surface area contributed by atoms with E-state index in [9.17, 15) is 0 Å². The van der Waals surface area contributed by atoms with Crippen molar-refractivity contribution in [2.24, 2.45) is 0 Å². The Morgan fingerprint density at radius 1 is 1.29 bits per heavy atom. The Morgan fingerprint density at radius 3 is 2.95 bits per heavy atom. The van der Waals surface area contributed by atoms with Crippen LogP contribution in [0.3, 0.4) is 0 Å². The minimum atomic E-state index is 0.579. The third-order valence-corrected chi connectivity index (χ3v) is 4.44. The first-order chi connectivity index (χ1) is 10.2. The van der Waals surface area contributed by atoms with Crippen molar-refractivity contribution < 1.29 is 4.74 Å². The molecule has 5 nitrogen and oxygen atoms in total. The number of aryl methyl sites for hydroxylation is 1. The third kappa shape index (κ3) is 3.56. The summed E-state index contributed by atoms with van der Waals surface area (Å²) in [5.74, 6) is 1.30. The van der Waals surface area contributed by atoms with Crippen LogP contribution in [0.4, 0.5) is 10.9 Å². The van der Waals surface area contributed by atoms with Gasteiger partial charge in [0, 0.05) is 28.9 Å². The Balaban J connectivity index is 1.69. The summed E-state index contributed by atoms with van der Waals surface area (Å²) in [6.45, 7) is 2.06. The lowest BCUT2D eigenvalue weighted by molar-refractivity contribution is 0.398. The van der Waals surface area contributed by atoms with E-state index in [0.29, 0.717) is 5.88 Å².